The van der Waals surface area contributed by atoms with E-state index in [4.69, 9.17) is 14.2 Å². The first-order chi connectivity index (χ1) is 13.2. The summed E-state index contributed by atoms with van der Waals surface area (Å²) in [5.74, 6) is 2.62. The van der Waals surface area contributed by atoms with E-state index in [0.717, 1.165) is 31.0 Å². The Bertz CT molecular complexity index is 733. The molecule has 6 nitrogen and oxygen atoms in total. The topological polar surface area (TPSA) is 64.1 Å². The first kappa shape index (κ1) is 20.4. The summed E-state index contributed by atoms with van der Waals surface area (Å²) < 4.78 is 16.3. The van der Waals surface area contributed by atoms with Gasteiger partial charge >= 0.3 is 0 Å². The molecule has 2 aromatic carbocycles. The fourth-order valence-electron chi connectivity index (χ4n) is 2.76. The van der Waals surface area contributed by atoms with E-state index in [1.165, 1.54) is 5.56 Å². The number of aliphatic imine (C=N–C) groups is 1. The number of ether oxygens (including phenoxy) is 3. The Morgan fingerprint density at radius 1 is 0.889 bits per heavy atom. The Hall–Kier alpha value is -2.89. The van der Waals surface area contributed by atoms with E-state index in [2.05, 4.69) is 39.9 Å². The fraction of sp³-hybridized carbons (Fsp3) is 0.381. The van der Waals surface area contributed by atoms with E-state index in [1.807, 2.05) is 25.1 Å². The molecule has 0 aromatic heterocycles. The lowest BCUT2D eigenvalue weighted by atomic mass is 10.1. The van der Waals surface area contributed by atoms with Crippen molar-refractivity contribution in [2.24, 2.45) is 4.99 Å². The highest BCUT2D eigenvalue weighted by molar-refractivity contribution is 5.79. The first-order valence-electron chi connectivity index (χ1n) is 9.07. The average Bonchev–Trinajstić information content (AvgIpc) is 2.71. The summed E-state index contributed by atoms with van der Waals surface area (Å²) in [5, 5.41) is 6.64. The van der Waals surface area contributed by atoms with E-state index >= 15 is 0 Å². The molecule has 6 heteroatoms. The zero-order valence-electron chi connectivity index (χ0n) is 16.5. The maximum absolute atomic E-state index is 5.53. The highest BCUT2D eigenvalue weighted by Gasteiger charge is 2.15. The Morgan fingerprint density at radius 2 is 1.63 bits per heavy atom. The lowest BCUT2D eigenvalue weighted by molar-refractivity contribution is 0.322. The van der Waals surface area contributed by atoms with Crippen LogP contribution >= 0.6 is 0 Å². The lowest BCUT2D eigenvalue weighted by Crippen LogP contribution is -2.38. The van der Waals surface area contributed by atoms with Gasteiger partial charge in [0.1, 0.15) is 0 Å². The minimum Gasteiger partial charge on any atom is -0.493 e. The van der Waals surface area contributed by atoms with E-state index < -0.39 is 0 Å². The highest BCUT2D eigenvalue weighted by Crippen LogP contribution is 2.39. The van der Waals surface area contributed by atoms with Crippen LogP contribution in [0.5, 0.6) is 17.2 Å². The number of rotatable bonds is 9. The van der Waals surface area contributed by atoms with Gasteiger partial charge in [-0.05, 0) is 31.0 Å². The van der Waals surface area contributed by atoms with Gasteiger partial charge in [0.2, 0.25) is 5.75 Å². The number of guanidine groups is 1. The molecular formula is C21H29N3O3. The molecule has 0 radical (unpaired) electrons. The van der Waals surface area contributed by atoms with Crippen molar-refractivity contribution in [3.05, 3.63) is 53.6 Å². The molecule has 0 spiro atoms. The van der Waals surface area contributed by atoms with Crippen LogP contribution in [-0.2, 0) is 13.0 Å². The molecule has 146 valence electrons. The summed E-state index contributed by atoms with van der Waals surface area (Å²) in [4.78, 5) is 4.67. The van der Waals surface area contributed by atoms with Crippen LogP contribution in [0.25, 0.3) is 0 Å². The van der Waals surface area contributed by atoms with Crippen LogP contribution in [0.4, 0.5) is 0 Å². The standard InChI is InChI=1S/C21H29N3O3/c1-5-22-21(23-14-13-16-9-7-6-8-10-16)24-15-17-11-12-18(25-2)20(27-4)19(17)26-3/h6-12H,5,13-15H2,1-4H3,(H2,22,23,24). The molecule has 0 aliphatic rings. The molecule has 0 atom stereocenters. The smallest absolute Gasteiger partial charge is 0.203 e. The van der Waals surface area contributed by atoms with Crippen molar-refractivity contribution in [2.75, 3.05) is 34.4 Å². The van der Waals surface area contributed by atoms with Crippen molar-refractivity contribution in [3.63, 3.8) is 0 Å². The van der Waals surface area contributed by atoms with Gasteiger partial charge in [0.25, 0.3) is 0 Å². The largest absolute Gasteiger partial charge is 0.493 e. The van der Waals surface area contributed by atoms with E-state index in [1.54, 1.807) is 21.3 Å². The van der Waals surface area contributed by atoms with Crippen LogP contribution in [0.3, 0.4) is 0 Å². The second-order valence-corrected chi connectivity index (χ2v) is 5.85. The molecule has 0 aliphatic carbocycles. The zero-order valence-corrected chi connectivity index (χ0v) is 16.5. The van der Waals surface area contributed by atoms with Gasteiger partial charge in [-0.25, -0.2) is 4.99 Å². The van der Waals surface area contributed by atoms with Crippen LogP contribution in [0, 0.1) is 0 Å². The highest BCUT2D eigenvalue weighted by atomic mass is 16.5. The number of hydrogen-bond acceptors (Lipinski definition) is 4. The summed E-state index contributed by atoms with van der Waals surface area (Å²) in [6.07, 6.45) is 0.935. The number of hydrogen-bond donors (Lipinski definition) is 2. The van der Waals surface area contributed by atoms with Gasteiger partial charge in [0.15, 0.2) is 17.5 Å². The van der Waals surface area contributed by atoms with Crippen molar-refractivity contribution >= 4 is 5.96 Å². The Morgan fingerprint density at radius 3 is 2.26 bits per heavy atom. The first-order valence-corrected chi connectivity index (χ1v) is 9.07. The second kappa shape index (κ2) is 11.0. The van der Waals surface area contributed by atoms with Gasteiger partial charge in [0, 0.05) is 18.7 Å². The quantitative estimate of drug-likeness (QED) is 0.524. The molecule has 2 aromatic rings. The second-order valence-electron chi connectivity index (χ2n) is 5.85. The minimum absolute atomic E-state index is 0.462. The van der Waals surface area contributed by atoms with Gasteiger partial charge < -0.3 is 24.8 Å². The molecule has 0 unspecified atom stereocenters. The molecule has 0 saturated carbocycles. The lowest BCUT2D eigenvalue weighted by Gasteiger charge is -2.16. The van der Waals surface area contributed by atoms with Gasteiger partial charge in [-0.1, -0.05) is 30.3 Å². The van der Waals surface area contributed by atoms with Crippen LogP contribution < -0.4 is 24.8 Å². The van der Waals surface area contributed by atoms with Crippen LogP contribution in [-0.4, -0.2) is 40.4 Å². The SMILES string of the molecule is CCNC(=NCc1ccc(OC)c(OC)c1OC)NCCc1ccccc1. The maximum atomic E-state index is 5.53. The molecule has 0 saturated heterocycles. The zero-order chi connectivity index (χ0) is 19.5. The number of benzene rings is 2. The van der Waals surface area contributed by atoms with Crippen LogP contribution in [0.1, 0.15) is 18.1 Å². The molecule has 2 rings (SSSR count). The maximum Gasteiger partial charge on any atom is 0.203 e. The van der Waals surface area contributed by atoms with E-state index in [9.17, 15) is 0 Å². The van der Waals surface area contributed by atoms with Crippen molar-refractivity contribution in [1.82, 2.24) is 10.6 Å². The predicted octanol–water partition coefficient (Wildman–Crippen LogP) is 3.01. The third-order valence-electron chi connectivity index (χ3n) is 4.09. The van der Waals surface area contributed by atoms with E-state index in [-0.39, 0.29) is 0 Å². The minimum atomic E-state index is 0.462. The Labute approximate surface area is 161 Å². The molecule has 0 aliphatic heterocycles. The van der Waals surface area contributed by atoms with Crippen molar-refractivity contribution < 1.29 is 14.2 Å². The third kappa shape index (κ3) is 5.81. The molecule has 0 amide bonds. The summed E-state index contributed by atoms with van der Waals surface area (Å²) in [6.45, 7) is 4.11. The summed E-state index contributed by atoms with van der Waals surface area (Å²) in [6, 6.07) is 14.2. The monoisotopic (exact) mass is 371 g/mol. The van der Waals surface area contributed by atoms with Crippen molar-refractivity contribution in [1.29, 1.82) is 0 Å². The molecule has 0 bridgehead atoms. The number of nitrogens with zero attached hydrogens (tertiary/aromatic N) is 1. The Kier molecular flexibility index (Phi) is 8.29. The van der Waals surface area contributed by atoms with Gasteiger partial charge in [-0.3, -0.25) is 0 Å². The van der Waals surface area contributed by atoms with Gasteiger partial charge in [-0.15, -0.1) is 0 Å². The van der Waals surface area contributed by atoms with Crippen LogP contribution in [0.2, 0.25) is 0 Å². The van der Waals surface area contributed by atoms with Crippen LogP contribution in [0.15, 0.2) is 47.5 Å². The summed E-state index contributed by atoms with van der Waals surface area (Å²) in [5.41, 5.74) is 2.22. The molecule has 0 heterocycles. The Balaban J connectivity index is 2.07. The van der Waals surface area contributed by atoms with Crippen molar-refractivity contribution in [2.45, 2.75) is 19.9 Å². The number of nitrogens with one attached hydrogen (secondary N) is 2. The van der Waals surface area contributed by atoms with Gasteiger partial charge in [0.05, 0.1) is 27.9 Å². The molecule has 27 heavy (non-hydrogen) atoms. The third-order valence-corrected chi connectivity index (χ3v) is 4.09. The predicted molar refractivity (Wildman–Crippen MR) is 109 cm³/mol. The molecule has 0 fully saturated rings. The fourth-order valence-corrected chi connectivity index (χ4v) is 2.76. The van der Waals surface area contributed by atoms with Gasteiger partial charge in [-0.2, -0.15) is 0 Å². The van der Waals surface area contributed by atoms with E-state index in [0.29, 0.717) is 23.8 Å². The number of methoxy groups -OCH3 is 3. The molecular weight excluding hydrogens is 342 g/mol. The summed E-state index contributed by atoms with van der Waals surface area (Å²) in [7, 11) is 4.82. The normalized spacial score (nSPS) is 11.0. The summed E-state index contributed by atoms with van der Waals surface area (Å²) >= 11 is 0. The average molecular weight is 371 g/mol. The van der Waals surface area contributed by atoms with Crippen molar-refractivity contribution in [3.8, 4) is 17.2 Å². The molecule has 2 N–H and O–H groups in total.